The molecule has 9 heteroatoms. The third-order valence-corrected chi connectivity index (χ3v) is 5.22. The van der Waals surface area contributed by atoms with Gasteiger partial charge in [0.15, 0.2) is 0 Å². The number of hydrogen-bond donors (Lipinski definition) is 3. The molecule has 1 aromatic heterocycles. The normalized spacial score (nSPS) is 24.5. The molecule has 0 aromatic carbocycles. The Bertz CT molecular complexity index is 765. The molecule has 0 aliphatic carbocycles. The number of ether oxygens (including phenoxy) is 2. The number of carbonyl (C=O) groups excluding carboxylic acids is 3. The Kier molecular flexibility index (Phi) is 6.92. The lowest BCUT2D eigenvalue weighted by atomic mass is 9.95. The van der Waals surface area contributed by atoms with E-state index in [0.29, 0.717) is 43.0 Å². The van der Waals surface area contributed by atoms with E-state index in [-0.39, 0.29) is 18.5 Å². The summed E-state index contributed by atoms with van der Waals surface area (Å²) >= 11 is 0. The first-order valence-corrected chi connectivity index (χ1v) is 10.0. The number of likely N-dealkylation sites (tertiary alicyclic amines) is 1. The van der Waals surface area contributed by atoms with E-state index < -0.39 is 18.0 Å². The maximum absolute atomic E-state index is 12.7. The fourth-order valence-electron chi connectivity index (χ4n) is 3.82. The minimum absolute atomic E-state index is 0.0873. The van der Waals surface area contributed by atoms with Crippen LogP contribution in [0, 0.1) is 5.92 Å². The summed E-state index contributed by atoms with van der Waals surface area (Å²) < 4.78 is 15.8. The number of rotatable bonds is 7. The van der Waals surface area contributed by atoms with Crippen molar-refractivity contribution in [1.29, 1.82) is 0 Å². The molecule has 1 saturated heterocycles. The highest BCUT2D eigenvalue weighted by atomic mass is 16.5. The number of amides is 2. The minimum Gasteiger partial charge on any atom is -0.467 e. The lowest BCUT2D eigenvalue weighted by molar-refractivity contribution is -0.901. The number of piperidine rings is 1. The van der Waals surface area contributed by atoms with Gasteiger partial charge in [0.25, 0.3) is 0 Å². The maximum Gasteiger partial charge on any atom is 0.338 e. The number of furan rings is 1. The molecule has 2 aliphatic heterocycles. The average Bonchev–Trinajstić information content (AvgIpc) is 3.23. The van der Waals surface area contributed by atoms with Crippen LogP contribution in [0.3, 0.4) is 0 Å². The van der Waals surface area contributed by atoms with Gasteiger partial charge in [-0.1, -0.05) is 0 Å². The van der Waals surface area contributed by atoms with E-state index in [1.807, 2.05) is 0 Å². The molecule has 0 spiro atoms. The first-order valence-electron chi connectivity index (χ1n) is 10.0. The van der Waals surface area contributed by atoms with Gasteiger partial charge in [-0.3, -0.25) is 4.79 Å². The highest BCUT2D eigenvalue weighted by Gasteiger charge is 2.37. The summed E-state index contributed by atoms with van der Waals surface area (Å²) in [5, 5.41) is 5.51. The van der Waals surface area contributed by atoms with Crippen LogP contribution in [0.1, 0.15) is 38.5 Å². The van der Waals surface area contributed by atoms with Crippen molar-refractivity contribution in [3.63, 3.8) is 0 Å². The topological polar surface area (TPSA) is 111 Å². The molecule has 9 nitrogen and oxygen atoms in total. The Morgan fingerprint density at radius 1 is 1.21 bits per heavy atom. The molecule has 3 rings (SSSR count). The Balaban J connectivity index is 1.78. The van der Waals surface area contributed by atoms with Gasteiger partial charge >= 0.3 is 18.0 Å². The fourth-order valence-corrected chi connectivity index (χ4v) is 3.82. The zero-order valence-corrected chi connectivity index (χ0v) is 16.8. The molecule has 158 valence electrons. The van der Waals surface area contributed by atoms with Crippen LogP contribution in [0.4, 0.5) is 4.79 Å². The predicted molar refractivity (Wildman–Crippen MR) is 102 cm³/mol. The second-order valence-corrected chi connectivity index (χ2v) is 7.11. The number of quaternary nitrogens is 1. The van der Waals surface area contributed by atoms with E-state index in [1.165, 1.54) is 11.2 Å². The van der Waals surface area contributed by atoms with Crippen LogP contribution in [0.5, 0.6) is 0 Å². The largest absolute Gasteiger partial charge is 0.467 e. The summed E-state index contributed by atoms with van der Waals surface area (Å²) in [4.78, 5) is 38.1. The third kappa shape index (κ3) is 4.97. The SMILES string of the molecule is CCOC(=O)C1=C(C[NH+]2CCC(C(=O)OCC)CC2)NC(=O)N[C@H]1c1ccco1. The molecule has 0 unspecified atom stereocenters. The van der Waals surface area contributed by atoms with Crippen molar-refractivity contribution in [2.24, 2.45) is 5.92 Å². The quantitative estimate of drug-likeness (QED) is 0.562. The van der Waals surface area contributed by atoms with Gasteiger partial charge in [0.05, 0.1) is 49.8 Å². The van der Waals surface area contributed by atoms with E-state index in [9.17, 15) is 14.4 Å². The van der Waals surface area contributed by atoms with Gasteiger partial charge < -0.3 is 29.4 Å². The first-order chi connectivity index (χ1) is 14.0. The van der Waals surface area contributed by atoms with Gasteiger partial charge in [0.2, 0.25) is 0 Å². The van der Waals surface area contributed by atoms with Crippen molar-refractivity contribution < 1.29 is 33.2 Å². The minimum atomic E-state index is -0.704. The maximum atomic E-state index is 12.7. The molecule has 29 heavy (non-hydrogen) atoms. The van der Waals surface area contributed by atoms with Crippen molar-refractivity contribution in [2.45, 2.75) is 32.7 Å². The molecule has 2 aliphatic rings. The Hall–Kier alpha value is -2.81. The van der Waals surface area contributed by atoms with Crippen LogP contribution in [0.2, 0.25) is 0 Å². The molecule has 3 heterocycles. The molecule has 1 aromatic rings. The molecular formula is C20H28N3O6+. The van der Waals surface area contributed by atoms with Crippen molar-refractivity contribution in [3.8, 4) is 0 Å². The lowest BCUT2D eigenvalue weighted by Crippen LogP contribution is -3.13. The number of nitrogens with one attached hydrogen (secondary N) is 3. The summed E-state index contributed by atoms with van der Waals surface area (Å²) in [7, 11) is 0. The van der Waals surface area contributed by atoms with Crippen LogP contribution in [-0.2, 0) is 19.1 Å². The van der Waals surface area contributed by atoms with Crippen LogP contribution in [0.25, 0.3) is 0 Å². The van der Waals surface area contributed by atoms with Crippen LogP contribution < -0.4 is 15.5 Å². The van der Waals surface area contributed by atoms with Crippen molar-refractivity contribution in [1.82, 2.24) is 10.6 Å². The van der Waals surface area contributed by atoms with Gasteiger partial charge in [0.1, 0.15) is 18.3 Å². The third-order valence-electron chi connectivity index (χ3n) is 5.22. The van der Waals surface area contributed by atoms with Gasteiger partial charge in [-0.2, -0.15) is 0 Å². The van der Waals surface area contributed by atoms with Crippen LogP contribution >= 0.6 is 0 Å². The smallest absolute Gasteiger partial charge is 0.338 e. The highest BCUT2D eigenvalue weighted by molar-refractivity contribution is 5.95. The van der Waals surface area contributed by atoms with Crippen LogP contribution in [0.15, 0.2) is 34.1 Å². The first kappa shape index (κ1) is 20.9. The van der Waals surface area contributed by atoms with E-state index in [1.54, 1.807) is 26.0 Å². The van der Waals surface area contributed by atoms with E-state index >= 15 is 0 Å². The van der Waals surface area contributed by atoms with E-state index in [2.05, 4.69) is 10.6 Å². The molecule has 0 radical (unpaired) electrons. The number of carbonyl (C=O) groups is 3. The summed E-state index contributed by atoms with van der Waals surface area (Å²) in [6.07, 6.45) is 2.92. The van der Waals surface area contributed by atoms with Gasteiger partial charge in [-0.15, -0.1) is 0 Å². The fraction of sp³-hybridized carbons (Fsp3) is 0.550. The predicted octanol–water partition coefficient (Wildman–Crippen LogP) is 0.309. The summed E-state index contributed by atoms with van der Waals surface area (Å²) in [5.41, 5.74) is 0.875. The standard InChI is InChI=1S/C20H27N3O6/c1-3-27-18(24)13-7-9-23(10-8-13)12-14-16(19(25)28-4-2)17(22-20(26)21-14)15-6-5-11-29-15/h5-6,11,13,17H,3-4,7-10,12H2,1-2H3,(H2,21,22,26)/p+1/t17-/m0/s1. The van der Waals surface area contributed by atoms with Crippen molar-refractivity contribution in [2.75, 3.05) is 32.8 Å². The molecule has 1 atom stereocenters. The highest BCUT2D eigenvalue weighted by Crippen LogP contribution is 2.27. The monoisotopic (exact) mass is 406 g/mol. The molecule has 2 amide bonds. The van der Waals surface area contributed by atoms with E-state index in [0.717, 1.165) is 13.1 Å². The van der Waals surface area contributed by atoms with Crippen LogP contribution in [-0.4, -0.2) is 50.8 Å². The average molecular weight is 406 g/mol. The molecule has 0 saturated carbocycles. The summed E-state index contributed by atoms with van der Waals surface area (Å²) in [6, 6.07) is 2.32. The molecular weight excluding hydrogens is 378 g/mol. The molecule has 3 N–H and O–H groups in total. The van der Waals surface area contributed by atoms with Gasteiger partial charge in [-0.25, -0.2) is 9.59 Å². The Labute approximate surface area is 169 Å². The lowest BCUT2D eigenvalue weighted by Gasteiger charge is -2.32. The number of esters is 2. The van der Waals surface area contributed by atoms with Gasteiger partial charge in [0, 0.05) is 12.8 Å². The summed E-state index contributed by atoms with van der Waals surface area (Å²) in [6.45, 7) is 6.10. The van der Waals surface area contributed by atoms with Crippen molar-refractivity contribution in [3.05, 3.63) is 35.4 Å². The number of hydrogen-bond acceptors (Lipinski definition) is 6. The zero-order valence-electron chi connectivity index (χ0n) is 16.8. The van der Waals surface area contributed by atoms with Crippen molar-refractivity contribution >= 4 is 18.0 Å². The van der Waals surface area contributed by atoms with Gasteiger partial charge in [-0.05, 0) is 26.0 Å². The van der Waals surface area contributed by atoms with E-state index in [4.69, 9.17) is 13.9 Å². The zero-order chi connectivity index (χ0) is 20.8. The summed E-state index contributed by atoms with van der Waals surface area (Å²) in [5.74, 6) is -0.254. The Morgan fingerprint density at radius 2 is 1.93 bits per heavy atom. The molecule has 0 bridgehead atoms. The second kappa shape index (κ2) is 9.60. The Morgan fingerprint density at radius 3 is 2.55 bits per heavy atom. The molecule has 1 fully saturated rings. The number of urea groups is 1. The second-order valence-electron chi connectivity index (χ2n) is 7.11.